The van der Waals surface area contributed by atoms with Crippen molar-refractivity contribution in [1.29, 1.82) is 0 Å². The lowest BCUT2D eigenvalue weighted by molar-refractivity contribution is 0.316. The highest BCUT2D eigenvalue weighted by Gasteiger charge is 1.97. The Kier molecular flexibility index (Phi) is 4.16. The van der Waals surface area contributed by atoms with E-state index in [0.29, 0.717) is 0 Å². The molecule has 0 aliphatic heterocycles. The van der Waals surface area contributed by atoms with Crippen LogP contribution in [-0.4, -0.2) is 12.9 Å². The van der Waals surface area contributed by atoms with Gasteiger partial charge in [0.25, 0.3) is 0 Å². The summed E-state index contributed by atoms with van der Waals surface area (Å²) in [5, 5.41) is 0. The number of ether oxygens (including phenoxy) is 1. The lowest BCUT2D eigenvalue weighted by atomic mass is 10.2. The zero-order valence-electron chi connectivity index (χ0n) is 8.46. The molecule has 72 valence electrons. The summed E-state index contributed by atoms with van der Waals surface area (Å²) in [6, 6.07) is 6.34. The average molecular weight is 196 g/mol. The molecule has 13 heavy (non-hydrogen) atoms. The van der Waals surface area contributed by atoms with Crippen molar-refractivity contribution in [3.8, 4) is 5.75 Å². The Morgan fingerprint density at radius 2 is 2.08 bits per heavy atom. The fourth-order valence-corrected chi connectivity index (χ4v) is 1.67. The molecule has 0 radical (unpaired) electrons. The predicted octanol–water partition coefficient (Wildman–Crippen LogP) is 3.51. The zero-order chi connectivity index (χ0) is 9.68. The summed E-state index contributed by atoms with van der Waals surface area (Å²) < 4.78 is 5.57. The first-order chi connectivity index (χ1) is 6.26. The number of hydrogen-bond acceptors (Lipinski definition) is 2. The second-order valence-electron chi connectivity index (χ2n) is 3.03. The standard InChI is InChI=1S/C11H16OS/c1-4-5-12-10-6-9(2)7-11(8-10)13-3/h6-8H,4-5H2,1-3H3. The van der Waals surface area contributed by atoms with Gasteiger partial charge >= 0.3 is 0 Å². The van der Waals surface area contributed by atoms with Crippen LogP contribution in [0.25, 0.3) is 0 Å². The molecule has 0 aliphatic rings. The van der Waals surface area contributed by atoms with E-state index < -0.39 is 0 Å². The minimum Gasteiger partial charge on any atom is -0.494 e. The fraction of sp³-hybridized carbons (Fsp3) is 0.455. The Labute approximate surface area is 84.5 Å². The molecule has 0 fully saturated rings. The van der Waals surface area contributed by atoms with Crippen molar-refractivity contribution in [3.05, 3.63) is 23.8 Å². The highest BCUT2D eigenvalue weighted by Crippen LogP contribution is 2.23. The molecule has 0 bridgehead atoms. The number of rotatable bonds is 4. The van der Waals surface area contributed by atoms with Crippen molar-refractivity contribution >= 4 is 11.8 Å². The molecule has 1 nitrogen and oxygen atoms in total. The highest BCUT2D eigenvalue weighted by molar-refractivity contribution is 7.98. The van der Waals surface area contributed by atoms with Crippen molar-refractivity contribution < 1.29 is 4.74 Å². The molecule has 1 rings (SSSR count). The van der Waals surface area contributed by atoms with E-state index in [4.69, 9.17) is 4.74 Å². The molecule has 0 saturated carbocycles. The van der Waals surface area contributed by atoms with Crippen LogP contribution in [0.4, 0.5) is 0 Å². The lowest BCUT2D eigenvalue weighted by Gasteiger charge is -2.07. The summed E-state index contributed by atoms with van der Waals surface area (Å²) in [5.41, 5.74) is 1.26. The molecule has 0 atom stereocenters. The van der Waals surface area contributed by atoms with E-state index >= 15 is 0 Å². The van der Waals surface area contributed by atoms with Gasteiger partial charge in [0.2, 0.25) is 0 Å². The first-order valence-electron chi connectivity index (χ1n) is 4.54. The SMILES string of the molecule is CCCOc1cc(C)cc(SC)c1. The van der Waals surface area contributed by atoms with Gasteiger partial charge in [-0.1, -0.05) is 6.92 Å². The summed E-state index contributed by atoms with van der Waals surface area (Å²) >= 11 is 1.75. The van der Waals surface area contributed by atoms with Gasteiger partial charge in [-0.3, -0.25) is 0 Å². The molecule has 0 aromatic heterocycles. The van der Waals surface area contributed by atoms with E-state index in [1.807, 2.05) is 0 Å². The van der Waals surface area contributed by atoms with Gasteiger partial charge in [0.15, 0.2) is 0 Å². The molecule has 1 aromatic rings. The zero-order valence-corrected chi connectivity index (χ0v) is 9.28. The Morgan fingerprint density at radius 3 is 2.69 bits per heavy atom. The van der Waals surface area contributed by atoms with Crippen LogP contribution < -0.4 is 4.74 Å². The van der Waals surface area contributed by atoms with Crippen molar-refractivity contribution in [2.24, 2.45) is 0 Å². The van der Waals surface area contributed by atoms with Crippen LogP contribution in [0, 0.1) is 6.92 Å². The Hall–Kier alpha value is -0.630. The maximum atomic E-state index is 5.57. The molecule has 0 saturated heterocycles. The van der Waals surface area contributed by atoms with Gasteiger partial charge in [-0.05, 0) is 43.4 Å². The van der Waals surface area contributed by atoms with E-state index in [2.05, 4.69) is 38.3 Å². The van der Waals surface area contributed by atoms with Gasteiger partial charge < -0.3 is 4.74 Å². The van der Waals surface area contributed by atoms with Gasteiger partial charge in [0.1, 0.15) is 5.75 Å². The summed E-state index contributed by atoms with van der Waals surface area (Å²) in [6.45, 7) is 5.01. The normalized spacial score (nSPS) is 10.1. The van der Waals surface area contributed by atoms with Gasteiger partial charge in [-0.25, -0.2) is 0 Å². The molecule has 0 aliphatic carbocycles. The summed E-state index contributed by atoms with van der Waals surface area (Å²) in [7, 11) is 0. The first kappa shape index (κ1) is 10.5. The molecule has 1 aromatic carbocycles. The molecule has 0 amide bonds. The Balaban J connectivity index is 2.76. The number of thioether (sulfide) groups is 1. The second kappa shape index (κ2) is 5.18. The summed E-state index contributed by atoms with van der Waals surface area (Å²) in [6.07, 6.45) is 3.14. The predicted molar refractivity (Wildman–Crippen MR) is 58.7 cm³/mol. The van der Waals surface area contributed by atoms with E-state index in [1.165, 1.54) is 10.5 Å². The fourth-order valence-electron chi connectivity index (χ4n) is 1.14. The van der Waals surface area contributed by atoms with Crippen LogP contribution in [0.3, 0.4) is 0 Å². The Bertz CT molecular complexity index is 271. The van der Waals surface area contributed by atoms with Crippen LogP contribution in [0.1, 0.15) is 18.9 Å². The third-order valence-electron chi connectivity index (χ3n) is 1.73. The van der Waals surface area contributed by atoms with Crippen LogP contribution in [-0.2, 0) is 0 Å². The van der Waals surface area contributed by atoms with Gasteiger partial charge in [-0.15, -0.1) is 11.8 Å². The molecule has 2 heteroatoms. The highest BCUT2D eigenvalue weighted by atomic mass is 32.2. The lowest BCUT2D eigenvalue weighted by Crippen LogP contribution is -1.95. The monoisotopic (exact) mass is 196 g/mol. The first-order valence-corrected chi connectivity index (χ1v) is 5.77. The minimum atomic E-state index is 0.803. The maximum Gasteiger partial charge on any atom is 0.120 e. The molecule has 0 unspecified atom stereocenters. The van der Waals surface area contributed by atoms with Crippen LogP contribution in [0.2, 0.25) is 0 Å². The van der Waals surface area contributed by atoms with Crippen molar-refractivity contribution in [3.63, 3.8) is 0 Å². The third-order valence-corrected chi connectivity index (χ3v) is 2.44. The van der Waals surface area contributed by atoms with Crippen molar-refractivity contribution in [1.82, 2.24) is 0 Å². The summed E-state index contributed by atoms with van der Waals surface area (Å²) in [5.74, 6) is 0.992. The third kappa shape index (κ3) is 3.31. The van der Waals surface area contributed by atoms with E-state index in [1.54, 1.807) is 11.8 Å². The molecular formula is C11H16OS. The number of hydrogen-bond donors (Lipinski definition) is 0. The topological polar surface area (TPSA) is 9.23 Å². The minimum absolute atomic E-state index is 0.803. The maximum absolute atomic E-state index is 5.57. The van der Waals surface area contributed by atoms with Crippen LogP contribution in [0.5, 0.6) is 5.75 Å². The number of benzene rings is 1. The number of aryl methyl sites for hydroxylation is 1. The van der Waals surface area contributed by atoms with Crippen LogP contribution >= 0.6 is 11.8 Å². The van der Waals surface area contributed by atoms with E-state index in [-0.39, 0.29) is 0 Å². The Morgan fingerprint density at radius 1 is 1.31 bits per heavy atom. The molecule has 0 N–H and O–H groups in total. The molecule has 0 spiro atoms. The van der Waals surface area contributed by atoms with Crippen molar-refractivity contribution in [2.75, 3.05) is 12.9 Å². The molecule has 0 heterocycles. The van der Waals surface area contributed by atoms with E-state index in [9.17, 15) is 0 Å². The van der Waals surface area contributed by atoms with Crippen molar-refractivity contribution in [2.45, 2.75) is 25.2 Å². The van der Waals surface area contributed by atoms with Crippen LogP contribution in [0.15, 0.2) is 23.1 Å². The molecular weight excluding hydrogens is 180 g/mol. The quantitative estimate of drug-likeness (QED) is 0.682. The van der Waals surface area contributed by atoms with Gasteiger partial charge in [0, 0.05) is 4.90 Å². The van der Waals surface area contributed by atoms with Gasteiger partial charge in [0.05, 0.1) is 6.61 Å². The smallest absolute Gasteiger partial charge is 0.120 e. The van der Waals surface area contributed by atoms with E-state index in [0.717, 1.165) is 18.8 Å². The summed E-state index contributed by atoms with van der Waals surface area (Å²) in [4.78, 5) is 1.27. The average Bonchev–Trinajstić information content (AvgIpc) is 2.14. The van der Waals surface area contributed by atoms with Gasteiger partial charge in [-0.2, -0.15) is 0 Å². The second-order valence-corrected chi connectivity index (χ2v) is 3.91. The largest absolute Gasteiger partial charge is 0.494 e.